The fraction of sp³-hybridized carbons (Fsp3) is 0.768. The summed E-state index contributed by atoms with van der Waals surface area (Å²) in [5.41, 5.74) is 0. The number of likely N-dealkylation sites (N-methyl/N-ethyl adjacent to an activating group) is 1. The number of hydrogen-bond donors (Lipinski definition) is 1. The Hall–Kier alpha value is -3.01. The van der Waals surface area contributed by atoms with Gasteiger partial charge in [0, 0.05) is 12.8 Å². The summed E-state index contributed by atoms with van der Waals surface area (Å²) in [7, 11) is 5.96. The number of carbonyl (C=O) groups excluding carboxylic acids is 2. The van der Waals surface area contributed by atoms with Gasteiger partial charge in [0.1, 0.15) is 13.2 Å². The van der Waals surface area contributed by atoms with Gasteiger partial charge in [0.2, 0.25) is 0 Å². The second kappa shape index (κ2) is 47.5. The molecule has 0 saturated heterocycles. The van der Waals surface area contributed by atoms with Gasteiger partial charge in [-0.15, -0.1) is 0 Å². The number of quaternary nitrogens is 1. The molecule has 0 rings (SSSR count). The van der Waals surface area contributed by atoms with E-state index in [1.807, 2.05) is 21.1 Å². The zero-order chi connectivity index (χ0) is 47.7. The molecule has 9 nitrogen and oxygen atoms in total. The summed E-state index contributed by atoms with van der Waals surface area (Å²) < 4.78 is 22.7. The third-order valence-corrected chi connectivity index (χ3v) is 11.3. The standard InChI is InChI=1S/C56H99NO8/c1-6-8-10-12-14-16-17-18-19-20-21-22-23-24-25-26-27-28-29-30-31-32-33-34-35-36-37-39-41-43-45-47-54(59)65-52(51-64-56(55(60)61)62-49-48-57(3,4)5)50-63-53(58)46-44-42-40-38-15-13-11-9-7-2/h8,10,14,16,18-19,21-22,24-25,52,56H,6-7,9,11-13,15,17,20,23,26-51H2,1-5H3/p+1/b10-8-,16-14-,19-18-,22-21-,25-24-. The van der Waals surface area contributed by atoms with Gasteiger partial charge in [-0.25, -0.2) is 4.79 Å². The first-order chi connectivity index (χ1) is 31.6. The van der Waals surface area contributed by atoms with Crippen molar-refractivity contribution in [3.05, 3.63) is 60.8 Å². The van der Waals surface area contributed by atoms with Crippen LogP contribution in [-0.4, -0.2) is 87.4 Å². The molecule has 0 saturated carbocycles. The summed E-state index contributed by atoms with van der Waals surface area (Å²) in [5, 5.41) is 9.65. The second-order valence-corrected chi connectivity index (χ2v) is 18.8. The Morgan fingerprint density at radius 2 is 0.877 bits per heavy atom. The molecule has 2 atom stereocenters. The number of hydrogen-bond acceptors (Lipinski definition) is 7. The smallest absolute Gasteiger partial charge is 0.361 e. The minimum absolute atomic E-state index is 0.180. The van der Waals surface area contributed by atoms with Crippen LogP contribution in [0.3, 0.4) is 0 Å². The van der Waals surface area contributed by atoms with Crippen molar-refractivity contribution < 1.29 is 42.9 Å². The highest BCUT2D eigenvalue weighted by Gasteiger charge is 2.25. The zero-order valence-corrected chi connectivity index (χ0v) is 42.6. The lowest BCUT2D eigenvalue weighted by atomic mass is 10.0. The van der Waals surface area contributed by atoms with Crippen LogP contribution >= 0.6 is 0 Å². The van der Waals surface area contributed by atoms with E-state index < -0.39 is 24.3 Å². The van der Waals surface area contributed by atoms with E-state index in [0.717, 1.165) is 70.6 Å². The summed E-state index contributed by atoms with van der Waals surface area (Å²) in [4.78, 5) is 37.1. The average Bonchev–Trinajstić information content (AvgIpc) is 3.27. The van der Waals surface area contributed by atoms with E-state index in [-0.39, 0.29) is 32.2 Å². The Bertz CT molecular complexity index is 1250. The molecule has 0 aliphatic rings. The number of allylic oxidation sites excluding steroid dienone is 10. The summed E-state index contributed by atoms with van der Waals surface area (Å²) in [5.74, 6) is -2.00. The first-order valence-corrected chi connectivity index (χ1v) is 26.5. The van der Waals surface area contributed by atoms with Gasteiger partial charge in [0.15, 0.2) is 6.10 Å². The maximum atomic E-state index is 12.8. The molecule has 1 N–H and O–H groups in total. The van der Waals surface area contributed by atoms with Gasteiger partial charge in [-0.2, -0.15) is 0 Å². The molecule has 0 amide bonds. The summed E-state index contributed by atoms with van der Waals surface area (Å²) in [6.45, 7) is 4.74. The van der Waals surface area contributed by atoms with Crippen LogP contribution in [0.15, 0.2) is 60.8 Å². The molecule has 376 valence electrons. The quantitative estimate of drug-likeness (QED) is 0.0211. The van der Waals surface area contributed by atoms with Gasteiger partial charge in [-0.1, -0.05) is 209 Å². The van der Waals surface area contributed by atoms with Gasteiger partial charge in [-0.3, -0.25) is 9.59 Å². The molecule has 0 aliphatic heterocycles. The fourth-order valence-corrected chi connectivity index (χ4v) is 7.22. The van der Waals surface area contributed by atoms with Gasteiger partial charge in [0.05, 0.1) is 34.4 Å². The average molecular weight is 915 g/mol. The molecule has 0 aromatic rings. The highest BCUT2D eigenvalue weighted by atomic mass is 16.7. The minimum atomic E-state index is -1.51. The Labute approximate surface area is 399 Å². The van der Waals surface area contributed by atoms with Crippen LogP contribution in [0.1, 0.15) is 219 Å². The molecule has 0 bridgehead atoms. The number of nitrogens with zero attached hydrogens (tertiary/aromatic N) is 1. The van der Waals surface area contributed by atoms with Crippen molar-refractivity contribution in [3.8, 4) is 0 Å². The lowest BCUT2D eigenvalue weighted by Gasteiger charge is -2.25. The van der Waals surface area contributed by atoms with Gasteiger partial charge in [-0.05, 0) is 57.8 Å². The lowest BCUT2D eigenvalue weighted by Crippen LogP contribution is -2.40. The lowest BCUT2D eigenvalue weighted by molar-refractivity contribution is -0.870. The highest BCUT2D eigenvalue weighted by Crippen LogP contribution is 2.16. The Kier molecular flexibility index (Phi) is 45.3. The molecule has 0 spiro atoms. The van der Waals surface area contributed by atoms with E-state index in [1.165, 1.54) is 122 Å². The number of esters is 2. The van der Waals surface area contributed by atoms with E-state index in [2.05, 4.69) is 74.6 Å². The van der Waals surface area contributed by atoms with E-state index >= 15 is 0 Å². The first kappa shape index (κ1) is 62.0. The topological polar surface area (TPSA) is 108 Å². The van der Waals surface area contributed by atoms with Crippen molar-refractivity contribution in [1.82, 2.24) is 0 Å². The third kappa shape index (κ3) is 48.7. The van der Waals surface area contributed by atoms with Crippen LogP contribution in [0.5, 0.6) is 0 Å². The summed E-state index contributed by atoms with van der Waals surface area (Å²) >= 11 is 0. The normalized spacial score (nSPS) is 13.3. The highest BCUT2D eigenvalue weighted by molar-refractivity contribution is 5.71. The van der Waals surface area contributed by atoms with Gasteiger partial charge >= 0.3 is 17.9 Å². The third-order valence-electron chi connectivity index (χ3n) is 11.3. The van der Waals surface area contributed by atoms with Crippen molar-refractivity contribution in [2.24, 2.45) is 0 Å². The molecule has 65 heavy (non-hydrogen) atoms. The fourth-order valence-electron chi connectivity index (χ4n) is 7.22. The van der Waals surface area contributed by atoms with Crippen LogP contribution in [0, 0.1) is 0 Å². The van der Waals surface area contributed by atoms with Crippen LogP contribution in [-0.2, 0) is 33.3 Å². The van der Waals surface area contributed by atoms with Gasteiger partial charge < -0.3 is 28.5 Å². The first-order valence-electron chi connectivity index (χ1n) is 26.5. The Morgan fingerprint density at radius 3 is 1.31 bits per heavy atom. The Balaban J connectivity index is 4.09. The van der Waals surface area contributed by atoms with Crippen LogP contribution in [0.2, 0.25) is 0 Å². The number of carboxylic acids is 1. The molecular formula is C56H100NO8+. The van der Waals surface area contributed by atoms with Crippen molar-refractivity contribution in [1.29, 1.82) is 0 Å². The maximum absolute atomic E-state index is 12.8. The molecule has 0 aromatic heterocycles. The van der Waals surface area contributed by atoms with Crippen LogP contribution < -0.4 is 0 Å². The predicted molar refractivity (Wildman–Crippen MR) is 272 cm³/mol. The van der Waals surface area contributed by atoms with E-state index in [0.29, 0.717) is 17.4 Å². The van der Waals surface area contributed by atoms with E-state index in [9.17, 15) is 19.5 Å². The number of carboxylic acid groups (broad SMARTS) is 1. The number of ether oxygens (including phenoxy) is 4. The molecule has 0 radical (unpaired) electrons. The monoisotopic (exact) mass is 915 g/mol. The van der Waals surface area contributed by atoms with Crippen LogP contribution in [0.25, 0.3) is 0 Å². The SMILES string of the molecule is CC/C=C\C/C=C\C/C=C\C/C=C\C/C=C\CCCCCCCCCCCCCCCCCC(=O)OC(COC(=O)CCCCCCCCCCC)COC(OCC[N+](C)(C)C)C(=O)O. The molecule has 9 heteroatoms. The molecule has 2 unspecified atom stereocenters. The Morgan fingerprint density at radius 1 is 0.477 bits per heavy atom. The zero-order valence-electron chi connectivity index (χ0n) is 42.6. The van der Waals surface area contributed by atoms with Crippen LogP contribution in [0.4, 0.5) is 0 Å². The predicted octanol–water partition coefficient (Wildman–Crippen LogP) is 14.9. The summed E-state index contributed by atoms with van der Waals surface area (Å²) in [6, 6.07) is 0. The number of rotatable bonds is 48. The number of unbranched alkanes of at least 4 members (excludes halogenated alkanes) is 23. The van der Waals surface area contributed by atoms with Crippen molar-refractivity contribution in [3.63, 3.8) is 0 Å². The molecule has 0 fully saturated rings. The van der Waals surface area contributed by atoms with Crippen molar-refractivity contribution >= 4 is 17.9 Å². The minimum Gasteiger partial charge on any atom is -0.477 e. The molecule has 0 heterocycles. The maximum Gasteiger partial charge on any atom is 0.361 e. The van der Waals surface area contributed by atoms with E-state index in [1.54, 1.807) is 0 Å². The largest absolute Gasteiger partial charge is 0.477 e. The van der Waals surface area contributed by atoms with Crippen molar-refractivity contribution in [2.45, 2.75) is 232 Å². The molecule has 0 aliphatic carbocycles. The molecule has 0 aromatic carbocycles. The van der Waals surface area contributed by atoms with E-state index in [4.69, 9.17) is 18.9 Å². The second-order valence-electron chi connectivity index (χ2n) is 18.8. The summed E-state index contributed by atoms with van der Waals surface area (Å²) in [6.07, 6.45) is 56.0. The number of carbonyl (C=O) groups is 3. The van der Waals surface area contributed by atoms with Gasteiger partial charge in [0.25, 0.3) is 6.29 Å². The molecular weight excluding hydrogens is 815 g/mol. The number of aliphatic carboxylic acids is 1. The van der Waals surface area contributed by atoms with Crippen molar-refractivity contribution in [2.75, 3.05) is 47.5 Å².